The van der Waals surface area contributed by atoms with Crippen LogP contribution in [0.25, 0.3) is 61.3 Å². The molecule has 0 aliphatic rings. The second-order valence-corrected chi connectivity index (χ2v) is 9.56. The van der Waals surface area contributed by atoms with E-state index in [2.05, 4.69) is 44.9 Å². The van der Waals surface area contributed by atoms with Crippen LogP contribution in [0, 0.1) is 19.1 Å². The molecule has 0 saturated heterocycles. The van der Waals surface area contributed by atoms with Crippen LogP contribution in [0.1, 0.15) is 5.69 Å². The van der Waals surface area contributed by atoms with Gasteiger partial charge in [0.05, 0.1) is 28.1 Å². The van der Waals surface area contributed by atoms with Gasteiger partial charge in [0, 0.05) is 43.6 Å². The number of rotatable bonds is 3. The topological polar surface area (TPSA) is 56.7 Å². The molecule has 205 valence electrons. The van der Waals surface area contributed by atoms with Crippen molar-refractivity contribution in [3.8, 4) is 28.3 Å². The summed E-state index contributed by atoms with van der Waals surface area (Å²) in [6.45, 7) is 1.99. The van der Waals surface area contributed by atoms with Crippen molar-refractivity contribution in [1.29, 1.82) is 0 Å². The van der Waals surface area contributed by atoms with Crippen molar-refractivity contribution in [3.05, 3.63) is 145 Å². The van der Waals surface area contributed by atoms with Gasteiger partial charge in [0.25, 0.3) is 0 Å². The van der Waals surface area contributed by atoms with Crippen LogP contribution in [-0.2, 0) is 20.1 Å². The van der Waals surface area contributed by atoms with Crippen molar-refractivity contribution in [1.82, 2.24) is 19.5 Å². The average molecular weight is 721 g/mol. The summed E-state index contributed by atoms with van der Waals surface area (Å²) in [5, 5.41) is 2.16. The predicted molar refractivity (Wildman–Crippen MR) is 164 cm³/mol. The molecule has 0 N–H and O–H groups in total. The smallest absolute Gasteiger partial charge is 0.120 e. The van der Waals surface area contributed by atoms with Gasteiger partial charge in [-0.1, -0.05) is 59.5 Å². The molecule has 4 heterocycles. The minimum Gasteiger partial charge on any atom is -0.501 e. The molecule has 42 heavy (non-hydrogen) atoms. The molecule has 0 fully saturated rings. The number of aryl methyl sites for hydroxylation is 1. The molecule has 4 aromatic carbocycles. The molecule has 4 aromatic heterocycles. The Morgan fingerprint density at radius 3 is 2.31 bits per heavy atom. The molecule has 8 rings (SSSR count). The van der Waals surface area contributed by atoms with E-state index in [4.69, 9.17) is 9.40 Å². The Kier molecular flexibility index (Phi) is 7.74. The predicted octanol–water partition coefficient (Wildman–Crippen LogP) is 8.64. The van der Waals surface area contributed by atoms with Crippen molar-refractivity contribution in [2.24, 2.45) is 0 Å². The van der Waals surface area contributed by atoms with E-state index in [-0.39, 0.29) is 20.1 Å². The maximum Gasteiger partial charge on any atom is 0.120 e. The molecule has 0 spiro atoms. The third-order valence-electron chi connectivity index (χ3n) is 6.98. The van der Waals surface area contributed by atoms with Crippen molar-refractivity contribution < 1.29 is 24.5 Å². The normalized spacial score (nSPS) is 10.8. The maximum absolute atomic E-state index is 6.25. The molecule has 0 aliphatic heterocycles. The molecule has 1 radical (unpaired) electrons. The fraction of sp³-hybridized carbons (Fsp3) is 0.0278. The van der Waals surface area contributed by atoms with Gasteiger partial charge in [-0.15, -0.1) is 54.1 Å². The molecule has 0 amide bonds. The van der Waals surface area contributed by atoms with Gasteiger partial charge in [-0.3, -0.25) is 9.97 Å². The van der Waals surface area contributed by atoms with Gasteiger partial charge in [0.2, 0.25) is 0 Å². The maximum atomic E-state index is 6.25. The monoisotopic (exact) mass is 721 g/mol. The van der Waals surface area contributed by atoms with E-state index in [1.54, 1.807) is 6.20 Å². The van der Waals surface area contributed by atoms with Gasteiger partial charge in [-0.2, -0.15) is 0 Å². The zero-order valence-corrected chi connectivity index (χ0v) is 25.0. The fourth-order valence-corrected chi connectivity index (χ4v) is 5.07. The first-order valence-corrected chi connectivity index (χ1v) is 13.4. The van der Waals surface area contributed by atoms with E-state index in [0.29, 0.717) is 0 Å². The van der Waals surface area contributed by atoms with Crippen molar-refractivity contribution >= 4 is 33.0 Å². The summed E-state index contributed by atoms with van der Waals surface area (Å²) >= 11 is 0. The molecule has 0 bridgehead atoms. The van der Waals surface area contributed by atoms with Crippen LogP contribution in [0.5, 0.6) is 0 Å². The van der Waals surface area contributed by atoms with Crippen LogP contribution in [0.15, 0.2) is 132 Å². The van der Waals surface area contributed by atoms with Gasteiger partial charge < -0.3 is 14.0 Å². The van der Waals surface area contributed by atoms with E-state index in [1.807, 2.05) is 110 Å². The number of hydrogen-bond acceptors (Lipinski definition) is 4. The first-order chi connectivity index (χ1) is 20.3. The first kappa shape index (κ1) is 27.3. The van der Waals surface area contributed by atoms with Crippen LogP contribution in [0.4, 0.5) is 0 Å². The van der Waals surface area contributed by atoms with Crippen LogP contribution < -0.4 is 0 Å². The van der Waals surface area contributed by atoms with Crippen LogP contribution in [0.3, 0.4) is 0 Å². The van der Waals surface area contributed by atoms with E-state index in [1.165, 1.54) is 0 Å². The van der Waals surface area contributed by atoms with Crippen LogP contribution in [-0.4, -0.2) is 19.5 Å². The fourth-order valence-electron chi connectivity index (χ4n) is 5.07. The van der Waals surface area contributed by atoms with E-state index in [9.17, 15) is 0 Å². The number of para-hydroxylation sites is 2. The van der Waals surface area contributed by atoms with Gasteiger partial charge in [-0.05, 0) is 42.9 Å². The van der Waals surface area contributed by atoms with Crippen molar-refractivity contribution in [3.63, 3.8) is 0 Å². The number of fused-ring (bicyclic) bond motifs is 4. The Labute approximate surface area is 256 Å². The summed E-state index contributed by atoms with van der Waals surface area (Å²) in [6.07, 6.45) is 3.62. The Morgan fingerprint density at radius 1 is 0.690 bits per heavy atom. The van der Waals surface area contributed by atoms with E-state index in [0.717, 1.165) is 67.0 Å². The van der Waals surface area contributed by atoms with Gasteiger partial charge >= 0.3 is 0 Å². The van der Waals surface area contributed by atoms with Crippen molar-refractivity contribution in [2.75, 3.05) is 0 Å². The Hall–Kier alpha value is -4.90. The number of hydrogen-bond donors (Lipinski definition) is 0. The molecule has 8 aromatic rings. The zero-order valence-electron chi connectivity index (χ0n) is 22.7. The average Bonchev–Trinajstić information content (AvgIpc) is 3.62. The minimum atomic E-state index is 0. The number of benzene rings is 4. The summed E-state index contributed by atoms with van der Waals surface area (Å²) in [4.78, 5) is 13.6. The van der Waals surface area contributed by atoms with Gasteiger partial charge in [0.15, 0.2) is 0 Å². The summed E-state index contributed by atoms with van der Waals surface area (Å²) in [6, 6.07) is 44.5. The summed E-state index contributed by atoms with van der Waals surface area (Å²) in [7, 11) is 0. The largest absolute Gasteiger partial charge is 0.501 e. The van der Waals surface area contributed by atoms with Crippen LogP contribution >= 0.6 is 0 Å². The molecule has 6 heteroatoms. The Bertz CT molecular complexity index is 2070. The molecule has 0 aliphatic carbocycles. The van der Waals surface area contributed by atoms with Crippen molar-refractivity contribution in [2.45, 2.75) is 6.92 Å². The molecule has 0 atom stereocenters. The third kappa shape index (κ3) is 5.03. The number of imidazole rings is 1. The number of pyridine rings is 2. The zero-order chi connectivity index (χ0) is 27.6. The number of nitrogens with zero attached hydrogens (tertiary/aromatic N) is 4. The quantitative estimate of drug-likeness (QED) is 0.172. The van der Waals surface area contributed by atoms with E-state index < -0.39 is 0 Å². The summed E-state index contributed by atoms with van der Waals surface area (Å²) in [5.74, 6) is 0.798. The van der Waals surface area contributed by atoms with Crippen LogP contribution in [0.2, 0.25) is 0 Å². The Balaban J connectivity index is 0.000000205. The number of aromatic nitrogens is 4. The molecular weight excluding hydrogens is 697 g/mol. The standard InChI is InChI=1S/C25H16N3O.C11H8N.Ir/c1-16-23-21(14-15-26-16)28(17-8-3-2-4-9-17)25(27-23)20-12-7-11-19-18-10-5-6-13-22(18)29-24(19)20;1-2-6-10(7-3-1)11-8-4-5-9-12-11;/h2-11,13-15H,1H3;1-6,8-9H;/q2*-1;. The van der Waals surface area contributed by atoms with E-state index >= 15 is 0 Å². The molecule has 0 unspecified atom stereocenters. The Morgan fingerprint density at radius 2 is 1.50 bits per heavy atom. The molecular formula is C36H24IrN4O-2. The second kappa shape index (κ2) is 11.9. The summed E-state index contributed by atoms with van der Waals surface area (Å²) in [5.41, 5.74) is 8.35. The minimum absolute atomic E-state index is 0. The number of furan rings is 1. The third-order valence-corrected chi connectivity index (χ3v) is 6.98. The summed E-state index contributed by atoms with van der Waals surface area (Å²) < 4.78 is 8.41. The van der Waals surface area contributed by atoms with Gasteiger partial charge in [0.1, 0.15) is 5.58 Å². The SMILES string of the molecule is Cc1nccc2c1nc(-c1[c-]ccc3c1oc1ccccc13)n2-c1ccccc1.[Ir].[c-]1ccccc1-c1ccccn1. The second-order valence-electron chi connectivity index (χ2n) is 9.56. The molecule has 5 nitrogen and oxygen atoms in total. The molecule has 0 saturated carbocycles. The first-order valence-electron chi connectivity index (χ1n) is 13.4. The van der Waals surface area contributed by atoms with Gasteiger partial charge in [-0.25, -0.2) is 0 Å².